The van der Waals surface area contributed by atoms with E-state index in [2.05, 4.69) is 15.9 Å². The van der Waals surface area contributed by atoms with Crippen molar-refractivity contribution in [2.24, 2.45) is 0 Å². The summed E-state index contributed by atoms with van der Waals surface area (Å²) in [6, 6.07) is 4.59. The molecule has 0 aliphatic carbocycles. The average molecular weight is 303 g/mol. The van der Waals surface area contributed by atoms with Crippen LogP contribution < -0.4 is 0 Å². The molecule has 2 unspecified atom stereocenters. The second-order valence-corrected chi connectivity index (χ2v) is 5.60. The smallest absolute Gasteiger partial charge is 0.129 e. The highest BCUT2D eigenvalue weighted by atomic mass is 79.9. The standard InChI is InChI=1S/C13H16BrFO2/c1-13(6-2-3-7-17-13)12(16)10-8-9(14)4-5-11(10)15/h4-5,8,12,16H,2-3,6-7H2,1H3. The fourth-order valence-corrected chi connectivity index (χ4v) is 2.60. The molecule has 4 heteroatoms. The molecule has 17 heavy (non-hydrogen) atoms. The van der Waals surface area contributed by atoms with Crippen LogP contribution in [-0.2, 0) is 4.74 Å². The minimum absolute atomic E-state index is 0.295. The minimum Gasteiger partial charge on any atom is -0.385 e. The van der Waals surface area contributed by atoms with Gasteiger partial charge in [0.25, 0.3) is 0 Å². The summed E-state index contributed by atoms with van der Waals surface area (Å²) in [4.78, 5) is 0. The van der Waals surface area contributed by atoms with E-state index in [1.807, 2.05) is 6.92 Å². The molecule has 0 spiro atoms. The van der Waals surface area contributed by atoms with E-state index in [1.54, 1.807) is 12.1 Å². The van der Waals surface area contributed by atoms with Crippen LogP contribution in [-0.4, -0.2) is 17.3 Å². The van der Waals surface area contributed by atoms with Gasteiger partial charge < -0.3 is 9.84 Å². The molecule has 1 aromatic carbocycles. The summed E-state index contributed by atoms with van der Waals surface area (Å²) < 4.78 is 20.1. The van der Waals surface area contributed by atoms with Gasteiger partial charge in [0, 0.05) is 16.6 Å². The molecule has 1 aliphatic heterocycles. The number of hydrogen-bond acceptors (Lipinski definition) is 2. The fraction of sp³-hybridized carbons (Fsp3) is 0.538. The lowest BCUT2D eigenvalue weighted by Gasteiger charge is -2.38. The molecular weight excluding hydrogens is 287 g/mol. The third kappa shape index (κ3) is 2.69. The monoisotopic (exact) mass is 302 g/mol. The highest BCUT2D eigenvalue weighted by molar-refractivity contribution is 9.10. The van der Waals surface area contributed by atoms with Crippen molar-refractivity contribution in [3.05, 3.63) is 34.1 Å². The summed E-state index contributed by atoms with van der Waals surface area (Å²) in [5.74, 6) is -0.393. The van der Waals surface area contributed by atoms with E-state index in [9.17, 15) is 9.50 Å². The molecule has 0 saturated carbocycles. The molecule has 2 rings (SSSR count). The Hall–Kier alpha value is -0.450. The van der Waals surface area contributed by atoms with Crippen molar-refractivity contribution >= 4 is 15.9 Å². The number of ether oxygens (including phenoxy) is 1. The molecule has 1 saturated heterocycles. The second kappa shape index (κ2) is 5.04. The van der Waals surface area contributed by atoms with Gasteiger partial charge in [-0.05, 0) is 44.4 Å². The van der Waals surface area contributed by atoms with E-state index in [0.29, 0.717) is 12.2 Å². The zero-order valence-electron chi connectivity index (χ0n) is 9.75. The quantitative estimate of drug-likeness (QED) is 0.905. The van der Waals surface area contributed by atoms with Gasteiger partial charge in [0.15, 0.2) is 0 Å². The Morgan fingerprint density at radius 1 is 1.47 bits per heavy atom. The molecule has 2 nitrogen and oxygen atoms in total. The van der Waals surface area contributed by atoms with Gasteiger partial charge in [0.2, 0.25) is 0 Å². The largest absolute Gasteiger partial charge is 0.385 e. The van der Waals surface area contributed by atoms with Crippen LogP contribution in [0.3, 0.4) is 0 Å². The zero-order chi connectivity index (χ0) is 12.5. The normalized spacial score (nSPS) is 26.8. The van der Waals surface area contributed by atoms with E-state index in [1.165, 1.54) is 6.07 Å². The van der Waals surface area contributed by atoms with Crippen molar-refractivity contribution in [1.82, 2.24) is 0 Å². The van der Waals surface area contributed by atoms with Crippen molar-refractivity contribution in [1.29, 1.82) is 0 Å². The third-order valence-electron chi connectivity index (χ3n) is 3.33. The predicted octanol–water partition coefficient (Wildman–Crippen LogP) is 3.58. The molecule has 1 aliphatic rings. The first-order valence-electron chi connectivity index (χ1n) is 5.80. The number of rotatable bonds is 2. The Bertz CT molecular complexity index is 402. The van der Waals surface area contributed by atoms with Gasteiger partial charge in [-0.2, -0.15) is 0 Å². The average Bonchev–Trinajstić information content (AvgIpc) is 2.32. The van der Waals surface area contributed by atoms with Crippen LogP contribution in [0.4, 0.5) is 4.39 Å². The maximum atomic E-state index is 13.7. The Balaban J connectivity index is 2.29. The van der Waals surface area contributed by atoms with Gasteiger partial charge in [-0.3, -0.25) is 0 Å². The molecule has 0 aromatic heterocycles. The van der Waals surface area contributed by atoms with Gasteiger partial charge in [-0.25, -0.2) is 4.39 Å². The van der Waals surface area contributed by atoms with Crippen LogP contribution in [0, 0.1) is 5.82 Å². The lowest BCUT2D eigenvalue weighted by Crippen LogP contribution is -2.39. The van der Waals surface area contributed by atoms with Crippen molar-refractivity contribution in [3.63, 3.8) is 0 Å². The Morgan fingerprint density at radius 2 is 2.24 bits per heavy atom. The molecule has 1 N–H and O–H groups in total. The molecule has 0 amide bonds. The van der Waals surface area contributed by atoms with Crippen LogP contribution in [0.1, 0.15) is 37.9 Å². The summed E-state index contributed by atoms with van der Waals surface area (Å²) in [6.07, 6.45) is 1.83. The topological polar surface area (TPSA) is 29.5 Å². The van der Waals surface area contributed by atoms with Crippen molar-refractivity contribution in [3.8, 4) is 0 Å². The maximum Gasteiger partial charge on any atom is 0.129 e. The van der Waals surface area contributed by atoms with Crippen LogP contribution in [0.15, 0.2) is 22.7 Å². The van der Waals surface area contributed by atoms with E-state index >= 15 is 0 Å². The molecule has 0 radical (unpaired) electrons. The van der Waals surface area contributed by atoms with E-state index < -0.39 is 17.5 Å². The fourth-order valence-electron chi connectivity index (χ4n) is 2.22. The first-order chi connectivity index (χ1) is 8.03. The summed E-state index contributed by atoms with van der Waals surface area (Å²) in [5.41, 5.74) is -0.386. The first-order valence-corrected chi connectivity index (χ1v) is 6.59. The lowest BCUT2D eigenvalue weighted by atomic mass is 9.86. The van der Waals surface area contributed by atoms with E-state index in [4.69, 9.17) is 4.74 Å². The van der Waals surface area contributed by atoms with Gasteiger partial charge in [0.05, 0.1) is 5.60 Å². The molecule has 1 fully saturated rings. The third-order valence-corrected chi connectivity index (χ3v) is 3.82. The van der Waals surface area contributed by atoms with Gasteiger partial charge in [-0.15, -0.1) is 0 Å². The van der Waals surface area contributed by atoms with Crippen LogP contribution >= 0.6 is 15.9 Å². The first kappa shape index (κ1) is 13.0. The van der Waals surface area contributed by atoms with Crippen LogP contribution in [0.2, 0.25) is 0 Å². The summed E-state index contributed by atoms with van der Waals surface area (Å²) in [7, 11) is 0. The Labute approximate surface area is 109 Å². The number of hydrogen-bond donors (Lipinski definition) is 1. The Morgan fingerprint density at radius 3 is 2.88 bits per heavy atom. The van der Waals surface area contributed by atoms with E-state index in [0.717, 1.165) is 23.7 Å². The second-order valence-electron chi connectivity index (χ2n) is 4.69. The van der Waals surface area contributed by atoms with Crippen molar-refractivity contribution < 1.29 is 14.2 Å². The maximum absolute atomic E-state index is 13.7. The summed E-state index contributed by atoms with van der Waals surface area (Å²) >= 11 is 3.29. The summed E-state index contributed by atoms with van der Waals surface area (Å²) in [5, 5.41) is 10.3. The lowest BCUT2D eigenvalue weighted by molar-refractivity contribution is -0.139. The van der Waals surface area contributed by atoms with Gasteiger partial charge in [-0.1, -0.05) is 15.9 Å². The number of benzene rings is 1. The predicted molar refractivity (Wildman–Crippen MR) is 67.3 cm³/mol. The minimum atomic E-state index is -0.930. The Kier molecular flexibility index (Phi) is 3.85. The van der Waals surface area contributed by atoms with Crippen molar-refractivity contribution in [2.45, 2.75) is 37.9 Å². The van der Waals surface area contributed by atoms with Crippen molar-refractivity contribution in [2.75, 3.05) is 6.61 Å². The highest BCUT2D eigenvalue weighted by Gasteiger charge is 2.37. The molecule has 1 heterocycles. The van der Waals surface area contributed by atoms with Gasteiger partial charge >= 0.3 is 0 Å². The molecule has 2 atom stereocenters. The number of aliphatic hydroxyl groups excluding tert-OH is 1. The SMILES string of the molecule is CC1(C(O)c2cc(Br)ccc2F)CCCCO1. The molecular formula is C13H16BrFO2. The number of halogens is 2. The van der Waals surface area contributed by atoms with E-state index in [-0.39, 0.29) is 0 Å². The molecule has 1 aromatic rings. The molecule has 0 bridgehead atoms. The van der Waals surface area contributed by atoms with Crippen LogP contribution in [0.25, 0.3) is 0 Å². The van der Waals surface area contributed by atoms with Crippen LogP contribution in [0.5, 0.6) is 0 Å². The number of aliphatic hydroxyl groups is 1. The van der Waals surface area contributed by atoms with Gasteiger partial charge in [0.1, 0.15) is 11.9 Å². The zero-order valence-corrected chi connectivity index (χ0v) is 11.3. The summed E-state index contributed by atoms with van der Waals surface area (Å²) in [6.45, 7) is 2.47. The molecule has 94 valence electrons. The highest BCUT2D eigenvalue weighted by Crippen LogP contribution is 2.38.